The Labute approximate surface area is 196 Å². The number of nitrogens with zero attached hydrogens (tertiary/aromatic N) is 2. The van der Waals surface area contributed by atoms with Crippen LogP contribution in [-0.4, -0.2) is 36.1 Å². The van der Waals surface area contributed by atoms with Gasteiger partial charge in [0.05, 0.1) is 0 Å². The SMILES string of the molecule is Cc1cc(C#Cc2ccc(-c3ccc(Cl)cc3)cn2)ccc1OCCN1CCCCCC1. The summed E-state index contributed by atoms with van der Waals surface area (Å²) in [5.41, 5.74) is 4.95. The lowest BCUT2D eigenvalue weighted by atomic mass is 10.1. The molecule has 0 unspecified atom stereocenters. The van der Waals surface area contributed by atoms with E-state index in [0.29, 0.717) is 0 Å². The highest BCUT2D eigenvalue weighted by molar-refractivity contribution is 6.30. The molecule has 4 heteroatoms. The van der Waals surface area contributed by atoms with Crippen molar-refractivity contribution in [3.8, 4) is 28.7 Å². The Morgan fingerprint density at radius 1 is 0.906 bits per heavy atom. The fraction of sp³-hybridized carbons (Fsp3) is 0.321. The molecule has 164 valence electrons. The Balaban J connectivity index is 1.34. The first-order valence-corrected chi connectivity index (χ1v) is 11.7. The van der Waals surface area contributed by atoms with E-state index >= 15 is 0 Å². The fourth-order valence-corrected chi connectivity index (χ4v) is 4.08. The smallest absolute Gasteiger partial charge is 0.122 e. The highest BCUT2D eigenvalue weighted by Gasteiger charge is 2.09. The van der Waals surface area contributed by atoms with E-state index in [-0.39, 0.29) is 0 Å². The van der Waals surface area contributed by atoms with Crippen molar-refractivity contribution < 1.29 is 4.74 Å². The van der Waals surface area contributed by atoms with Gasteiger partial charge >= 0.3 is 0 Å². The predicted molar refractivity (Wildman–Crippen MR) is 132 cm³/mol. The van der Waals surface area contributed by atoms with Gasteiger partial charge in [-0.2, -0.15) is 0 Å². The molecule has 0 bridgehead atoms. The molecule has 32 heavy (non-hydrogen) atoms. The van der Waals surface area contributed by atoms with Crippen molar-refractivity contribution in [2.75, 3.05) is 26.2 Å². The van der Waals surface area contributed by atoms with Crippen molar-refractivity contribution in [1.29, 1.82) is 0 Å². The first-order chi connectivity index (χ1) is 15.7. The highest BCUT2D eigenvalue weighted by atomic mass is 35.5. The molecule has 3 nitrogen and oxygen atoms in total. The van der Waals surface area contributed by atoms with E-state index in [1.165, 1.54) is 38.8 Å². The Morgan fingerprint density at radius 2 is 1.66 bits per heavy atom. The number of pyridine rings is 1. The summed E-state index contributed by atoms with van der Waals surface area (Å²) in [5, 5.41) is 0.730. The van der Waals surface area contributed by atoms with Crippen molar-refractivity contribution in [2.24, 2.45) is 0 Å². The van der Waals surface area contributed by atoms with Gasteiger partial charge in [-0.3, -0.25) is 4.90 Å². The number of hydrogen-bond acceptors (Lipinski definition) is 3. The third-order valence-corrected chi connectivity index (χ3v) is 6.07. The van der Waals surface area contributed by atoms with Crippen LogP contribution in [-0.2, 0) is 0 Å². The quantitative estimate of drug-likeness (QED) is 0.428. The summed E-state index contributed by atoms with van der Waals surface area (Å²) >= 11 is 5.96. The summed E-state index contributed by atoms with van der Waals surface area (Å²) in [6, 6.07) is 17.9. The number of benzene rings is 2. The minimum Gasteiger partial charge on any atom is -0.492 e. The van der Waals surface area contributed by atoms with E-state index in [9.17, 15) is 0 Å². The van der Waals surface area contributed by atoms with Crippen LogP contribution in [0.2, 0.25) is 5.02 Å². The zero-order chi connectivity index (χ0) is 22.2. The normalized spacial score (nSPS) is 14.3. The van der Waals surface area contributed by atoms with Crippen molar-refractivity contribution in [3.05, 3.63) is 82.6 Å². The average molecular weight is 445 g/mol. The second-order valence-corrected chi connectivity index (χ2v) is 8.71. The van der Waals surface area contributed by atoms with E-state index in [4.69, 9.17) is 16.3 Å². The van der Waals surface area contributed by atoms with Gasteiger partial charge < -0.3 is 4.74 Å². The van der Waals surface area contributed by atoms with E-state index in [1.54, 1.807) is 0 Å². The molecule has 1 aliphatic rings. The van der Waals surface area contributed by atoms with Gasteiger partial charge in [0.15, 0.2) is 0 Å². The number of aromatic nitrogens is 1. The molecule has 3 aromatic rings. The van der Waals surface area contributed by atoms with Crippen LogP contribution in [0.3, 0.4) is 0 Å². The van der Waals surface area contributed by atoms with Crippen LogP contribution in [0.4, 0.5) is 0 Å². The van der Waals surface area contributed by atoms with Gasteiger partial charge in [0.25, 0.3) is 0 Å². The number of halogens is 1. The van der Waals surface area contributed by atoms with Crippen molar-refractivity contribution in [2.45, 2.75) is 32.6 Å². The molecule has 1 fully saturated rings. The number of hydrogen-bond donors (Lipinski definition) is 0. The third-order valence-electron chi connectivity index (χ3n) is 5.81. The molecule has 0 aliphatic carbocycles. The Morgan fingerprint density at radius 3 is 2.34 bits per heavy atom. The highest BCUT2D eigenvalue weighted by Crippen LogP contribution is 2.21. The summed E-state index contributed by atoms with van der Waals surface area (Å²) in [7, 11) is 0. The van der Waals surface area contributed by atoms with Crippen LogP contribution < -0.4 is 4.74 Å². The zero-order valence-corrected chi connectivity index (χ0v) is 19.4. The summed E-state index contributed by atoms with van der Waals surface area (Å²) in [6.07, 6.45) is 7.19. The maximum Gasteiger partial charge on any atom is 0.122 e. The molecule has 1 saturated heterocycles. The molecule has 2 aromatic carbocycles. The monoisotopic (exact) mass is 444 g/mol. The lowest BCUT2D eigenvalue weighted by molar-refractivity contribution is 0.213. The van der Waals surface area contributed by atoms with E-state index in [2.05, 4.69) is 34.7 Å². The Hall–Kier alpha value is -2.80. The van der Waals surface area contributed by atoms with Crippen LogP contribution in [0.1, 0.15) is 42.5 Å². The molecule has 0 atom stereocenters. The molecule has 2 heterocycles. The number of rotatable bonds is 5. The first kappa shape index (κ1) is 22.4. The maximum absolute atomic E-state index is 6.05. The lowest BCUT2D eigenvalue weighted by Crippen LogP contribution is -2.29. The van der Waals surface area contributed by atoms with Crippen LogP contribution in [0, 0.1) is 18.8 Å². The molecule has 0 amide bonds. The topological polar surface area (TPSA) is 25.4 Å². The molecule has 4 rings (SSSR count). The average Bonchev–Trinajstić information content (AvgIpc) is 3.09. The largest absolute Gasteiger partial charge is 0.492 e. The van der Waals surface area contributed by atoms with Crippen molar-refractivity contribution >= 4 is 11.6 Å². The van der Waals surface area contributed by atoms with Gasteiger partial charge in [-0.1, -0.05) is 48.6 Å². The Kier molecular flexibility index (Phi) is 7.82. The summed E-state index contributed by atoms with van der Waals surface area (Å²) in [5.74, 6) is 7.32. The van der Waals surface area contributed by atoms with Gasteiger partial charge in [0.2, 0.25) is 0 Å². The first-order valence-electron chi connectivity index (χ1n) is 11.4. The molecule has 0 saturated carbocycles. The summed E-state index contributed by atoms with van der Waals surface area (Å²) in [4.78, 5) is 7.01. The number of aryl methyl sites for hydroxylation is 1. The maximum atomic E-state index is 6.05. The second-order valence-electron chi connectivity index (χ2n) is 8.27. The predicted octanol–water partition coefficient (Wildman–Crippen LogP) is 6.37. The van der Waals surface area contributed by atoms with Crippen molar-refractivity contribution in [1.82, 2.24) is 9.88 Å². The minimum atomic E-state index is 0.730. The zero-order valence-electron chi connectivity index (χ0n) is 18.6. The molecule has 0 N–H and O–H groups in total. The van der Waals surface area contributed by atoms with E-state index < -0.39 is 0 Å². The van der Waals surface area contributed by atoms with Gasteiger partial charge in [-0.05, 0) is 86.3 Å². The molecular formula is C28H29ClN2O. The van der Waals surface area contributed by atoms with Crippen molar-refractivity contribution in [3.63, 3.8) is 0 Å². The molecular weight excluding hydrogens is 416 g/mol. The molecule has 0 spiro atoms. The van der Waals surface area contributed by atoms with Gasteiger partial charge in [0.1, 0.15) is 18.1 Å². The van der Waals surface area contributed by atoms with E-state index in [0.717, 1.165) is 51.9 Å². The van der Waals surface area contributed by atoms with Gasteiger partial charge in [0, 0.05) is 28.9 Å². The molecule has 1 aliphatic heterocycles. The van der Waals surface area contributed by atoms with Gasteiger partial charge in [-0.15, -0.1) is 0 Å². The molecule has 0 radical (unpaired) electrons. The lowest BCUT2D eigenvalue weighted by Gasteiger charge is -2.20. The van der Waals surface area contributed by atoms with E-state index in [1.807, 2.05) is 54.7 Å². The third kappa shape index (κ3) is 6.36. The molecule has 1 aromatic heterocycles. The summed E-state index contributed by atoms with van der Waals surface area (Å²) < 4.78 is 6.05. The Bertz CT molecular complexity index is 1070. The number of likely N-dealkylation sites (tertiary alicyclic amines) is 1. The standard InChI is InChI=1S/C28H29ClN2O/c1-22-20-23(7-15-28(22)32-19-18-31-16-4-2-3-5-17-31)6-13-27-14-10-25(21-30-27)24-8-11-26(29)12-9-24/h7-12,14-15,20-21H,2-5,16-19H2,1H3. The number of ether oxygens (including phenoxy) is 1. The van der Waals surface area contributed by atoms with Crippen LogP contribution in [0.25, 0.3) is 11.1 Å². The van der Waals surface area contributed by atoms with Crippen LogP contribution in [0.15, 0.2) is 60.8 Å². The fourth-order valence-electron chi connectivity index (χ4n) is 3.95. The minimum absolute atomic E-state index is 0.730. The van der Waals surface area contributed by atoms with Gasteiger partial charge in [-0.25, -0.2) is 4.98 Å². The summed E-state index contributed by atoms with van der Waals surface area (Å²) in [6.45, 7) is 6.21. The van der Waals surface area contributed by atoms with Crippen LogP contribution >= 0.6 is 11.6 Å². The second kappa shape index (κ2) is 11.2. The van der Waals surface area contributed by atoms with Crippen LogP contribution in [0.5, 0.6) is 5.75 Å².